The lowest BCUT2D eigenvalue weighted by Crippen LogP contribution is -2.30. The number of nitrogens with zero attached hydrogens (tertiary/aromatic N) is 2. The molecule has 0 aliphatic carbocycles. The van der Waals surface area contributed by atoms with Crippen LogP contribution in [0.15, 0.2) is 42.7 Å². The summed E-state index contributed by atoms with van der Waals surface area (Å²) in [5.41, 5.74) is 7.17. The second-order valence-corrected chi connectivity index (χ2v) is 4.06. The fourth-order valence-electron chi connectivity index (χ4n) is 1.94. The molecule has 4 heteroatoms. The molecular weight excluding hydrogens is 214 g/mol. The third kappa shape index (κ3) is 2.47. The lowest BCUT2D eigenvalue weighted by molar-refractivity contribution is 0.413. The molecule has 17 heavy (non-hydrogen) atoms. The Morgan fingerprint density at radius 2 is 2.00 bits per heavy atom. The van der Waals surface area contributed by atoms with Gasteiger partial charge in [0.25, 0.3) is 0 Å². The van der Waals surface area contributed by atoms with Crippen LogP contribution in [-0.2, 0) is 0 Å². The molecule has 2 unspecified atom stereocenters. The summed E-state index contributed by atoms with van der Waals surface area (Å²) in [5, 5.41) is 4.26. The van der Waals surface area contributed by atoms with E-state index in [4.69, 9.17) is 10.5 Å². The quantitative estimate of drug-likeness (QED) is 0.873. The molecule has 0 aliphatic heterocycles. The van der Waals surface area contributed by atoms with E-state index in [-0.39, 0.29) is 12.1 Å². The molecule has 1 aromatic carbocycles. The first-order chi connectivity index (χ1) is 8.22. The Hall–Kier alpha value is -1.81. The predicted molar refractivity (Wildman–Crippen MR) is 67.0 cm³/mol. The molecule has 2 aromatic rings. The van der Waals surface area contributed by atoms with Gasteiger partial charge in [0.1, 0.15) is 5.75 Å². The molecule has 2 N–H and O–H groups in total. The van der Waals surface area contributed by atoms with Gasteiger partial charge in [-0.1, -0.05) is 12.1 Å². The molecule has 2 atom stereocenters. The van der Waals surface area contributed by atoms with Gasteiger partial charge in [0.15, 0.2) is 0 Å². The second kappa shape index (κ2) is 5.01. The molecule has 4 nitrogen and oxygen atoms in total. The number of nitrogens with two attached hydrogens (primary N) is 1. The molecule has 0 aliphatic rings. The molecule has 1 aromatic heterocycles. The molecule has 0 saturated carbocycles. The minimum absolute atomic E-state index is 0.0108. The molecule has 2 rings (SSSR count). The molecule has 90 valence electrons. The van der Waals surface area contributed by atoms with Crippen molar-refractivity contribution in [2.45, 2.75) is 19.0 Å². The van der Waals surface area contributed by atoms with Gasteiger partial charge < -0.3 is 10.5 Å². The van der Waals surface area contributed by atoms with Gasteiger partial charge in [0.2, 0.25) is 0 Å². The molecule has 0 bridgehead atoms. The standard InChI is InChI=1S/C13H17N3O/c1-10(14)13(16-9-3-8-15-16)11-4-6-12(17-2)7-5-11/h3-10,13H,14H2,1-2H3. The van der Waals surface area contributed by atoms with Gasteiger partial charge in [-0.05, 0) is 30.7 Å². The first-order valence-electron chi connectivity index (χ1n) is 5.61. The summed E-state index contributed by atoms with van der Waals surface area (Å²) in [5.74, 6) is 0.845. The Labute approximate surface area is 101 Å². The summed E-state index contributed by atoms with van der Waals surface area (Å²) < 4.78 is 7.03. The molecule has 0 fully saturated rings. The molecule has 1 heterocycles. The summed E-state index contributed by atoms with van der Waals surface area (Å²) in [7, 11) is 1.66. The summed E-state index contributed by atoms with van der Waals surface area (Å²) in [4.78, 5) is 0. The minimum atomic E-state index is -0.0108. The lowest BCUT2D eigenvalue weighted by atomic mass is 10.0. The van der Waals surface area contributed by atoms with Crippen molar-refractivity contribution in [2.24, 2.45) is 5.73 Å². The van der Waals surface area contributed by atoms with Gasteiger partial charge in [-0.3, -0.25) is 4.68 Å². The molecule has 0 radical (unpaired) electrons. The highest BCUT2D eigenvalue weighted by molar-refractivity contribution is 5.30. The van der Waals surface area contributed by atoms with Crippen LogP contribution >= 0.6 is 0 Å². The van der Waals surface area contributed by atoms with Gasteiger partial charge in [0.05, 0.1) is 13.2 Å². The zero-order valence-electron chi connectivity index (χ0n) is 10.1. The van der Waals surface area contributed by atoms with Crippen molar-refractivity contribution in [3.63, 3.8) is 0 Å². The predicted octanol–water partition coefficient (Wildman–Crippen LogP) is 1.83. The van der Waals surface area contributed by atoms with Crippen LogP contribution in [0.1, 0.15) is 18.5 Å². The number of methoxy groups -OCH3 is 1. The average molecular weight is 231 g/mol. The Bertz CT molecular complexity index is 448. The van der Waals surface area contributed by atoms with E-state index in [1.54, 1.807) is 13.3 Å². The lowest BCUT2D eigenvalue weighted by Gasteiger charge is -2.22. The van der Waals surface area contributed by atoms with Crippen molar-refractivity contribution >= 4 is 0 Å². The summed E-state index contributed by atoms with van der Waals surface area (Å²) in [6.07, 6.45) is 3.69. The zero-order valence-corrected chi connectivity index (χ0v) is 10.1. The summed E-state index contributed by atoms with van der Waals surface area (Å²) in [6, 6.07) is 9.86. The van der Waals surface area contributed by atoms with E-state index in [1.807, 2.05) is 48.1 Å². The fraction of sp³-hybridized carbons (Fsp3) is 0.308. The highest BCUT2D eigenvalue weighted by Crippen LogP contribution is 2.22. The summed E-state index contributed by atoms with van der Waals surface area (Å²) >= 11 is 0. The van der Waals surface area contributed by atoms with Crippen LogP contribution in [-0.4, -0.2) is 22.9 Å². The average Bonchev–Trinajstić information content (AvgIpc) is 2.83. The van der Waals surface area contributed by atoms with Crippen LogP contribution in [0.25, 0.3) is 0 Å². The van der Waals surface area contributed by atoms with E-state index in [0.717, 1.165) is 11.3 Å². The Morgan fingerprint density at radius 1 is 1.29 bits per heavy atom. The van der Waals surface area contributed by atoms with Crippen LogP contribution in [0.3, 0.4) is 0 Å². The summed E-state index contributed by atoms with van der Waals surface area (Å²) in [6.45, 7) is 1.98. The topological polar surface area (TPSA) is 53.1 Å². The van der Waals surface area contributed by atoms with E-state index < -0.39 is 0 Å². The first kappa shape index (κ1) is 11.7. The molecule has 0 spiro atoms. The van der Waals surface area contributed by atoms with E-state index in [9.17, 15) is 0 Å². The van der Waals surface area contributed by atoms with Gasteiger partial charge in [-0.15, -0.1) is 0 Å². The van der Waals surface area contributed by atoms with Crippen molar-refractivity contribution < 1.29 is 4.74 Å². The molecular formula is C13H17N3O. The van der Waals surface area contributed by atoms with Crippen molar-refractivity contribution in [2.75, 3.05) is 7.11 Å². The maximum absolute atomic E-state index is 6.04. The number of ether oxygens (including phenoxy) is 1. The monoisotopic (exact) mass is 231 g/mol. The highest BCUT2D eigenvalue weighted by atomic mass is 16.5. The number of benzene rings is 1. The van der Waals surface area contributed by atoms with Gasteiger partial charge in [-0.2, -0.15) is 5.10 Å². The normalized spacial score (nSPS) is 14.3. The zero-order chi connectivity index (χ0) is 12.3. The van der Waals surface area contributed by atoms with Gasteiger partial charge in [-0.25, -0.2) is 0 Å². The maximum Gasteiger partial charge on any atom is 0.118 e. The van der Waals surface area contributed by atoms with Crippen LogP contribution < -0.4 is 10.5 Å². The fourth-order valence-corrected chi connectivity index (χ4v) is 1.94. The largest absolute Gasteiger partial charge is 0.497 e. The molecule has 0 amide bonds. The van der Waals surface area contributed by atoms with Gasteiger partial charge in [0, 0.05) is 18.4 Å². The maximum atomic E-state index is 6.04. The van der Waals surface area contributed by atoms with Crippen LogP contribution in [0.4, 0.5) is 0 Å². The molecule has 0 saturated heterocycles. The van der Waals surface area contributed by atoms with Crippen LogP contribution in [0, 0.1) is 0 Å². The Kier molecular flexibility index (Phi) is 3.44. The SMILES string of the molecule is COc1ccc(C(C(C)N)n2cccn2)cc1. The van der Waals surface area contributed by atoms with E-state index in [1.165, 1.54) is 0 Å². The Balaban J connectivity index is 2.33. The van der Waals surface area contributed by atoms with Crippen molar-refractivity contribution in [3.05, 3.63) is 48.3 Å². The minimum Gasteiger partial charge on any atom is -0.497 e. The van der Waals surface area contributed by atoms with E-state index in [2.05, 4.69) is 5.10 Å². The van der Waals surface area contributed by atoms with Crippen molar-refractivity contribution in [3.8, 4) is 5.75 Å². The van der Waals surface area contributed by atoms with Crippen LogP contribution in [0.2, 0.25) is 0 Å². The third-order valence-corrected chi connectivity index (χ3v) is 2.77. The van der Waals surface area contributed by atoms with Gasteiger partial charge >= 0.3 is 0 Å². The second-order valence-electron chi connectivity index (χ2n) is 4.06. The Morgan fingerprint density at radius 3 is 2.47 bits per heavy atom. The number of hydrogen-bond donors (Lipinski definition) is 1. The third-order valence-electron chi connectivity index (χ3n) is 2.77. The number of rotatable bonds is 4. The van der Waals surface area contributed by atoms with Crippen LogP contribution in [0.5, 0.6) is 5.75 Å². The van der Waals surface area contributed by atoms with E-state index >= 15 is 0 Å². The smallest absolute Gasteiger partial charge is 0.118 e. The van der Waals surface area contributed by atoms with E-state index in [0.29, 0.717) is 0 Å². The van der Waals surface area contributed by atoms with Crippen molar-refractivity contribution in [1.29, 1.82) is 0 Å². The number of hydrogen-bond acceptors (Lipinski definition) is 3. The van der Waals surface area contributed by atoms with Crippen molar-refractivity contribution in [1.82, 2.24) is 9.78 Å². The first-order valence-corrected chi connectivity index (χ1v) is 5.61. The highest BCUT2D eigenvalue weighted by Gasteiger charge is 2.18. The number of aromatic nitrogens is 2.